The van der Waals surface area contributed by atoms with Crippen molar-refractivity contribution in [2.75, 3.05) is 0 Å². The SMILES string of the molecule is O=c1ccc2c(=O)[nH]ncc2[nH]1. The molecule has 0 aliphatic carbocycles. The fraction of sp³-hybridized carbons (Fsp3) is 0. The van der Waals surface area contributed by atoms with Gasteiger partial charge in [-0.05, 0) is 6.07 Å². The largest absolute Gasteiger partial charge is 0.320 e. The van der Waals surface area contributed by atoms with Crippen molar-refractivity contribution in [3.63, 3.8) is 0 Å². The van der Waals surface area contributed by atoms with Crippen molar-refractivity contribution in [3.05, 3.63) is 39.0 Å². The first kappa shape index (κ1) is 6.78. The summed E-state index contributed by atoms with van der Waals surface area (Å²) in [5.74, 6) is 0. The minimum atomic E-state index is -0.302. The third-order valence-corrected chi connectivity index (χ3v) is 1.55. The Kier molecular flexibility index (Phi) is 1.30. The summed E-state index contributed by atoms with van der Waals surface area (Å²) in [6, 6.07) is 2.77. The Labute approximate surface area is 66.1 Å². The molecule has 2 rings (SSSR count). The highest BCUT2D eigenvalue weighted by Crippen LogP contribution is 1.97. The molecule has 0 spiro atoms. The van der Waals surface area contributed by atoms with Crippen molar-refractivity contribution in [1.29, 1.82) is 0 Å². The summed E-state index contributed by atoms with van der Waals surface area (Å²) in [5, 5.41) is 6.25. The van der Waals surface area contributed by atoms with E-state index in [4.69, 9.17) is 0 Å². The Bertz CT molecular complexity index is 526. The lowest BCUT2D eigenvalue weighted by atomic mass is 10.3. The number of hydrogen-bond donors (Lipinski definition) is 2. The lowest BCUT2D eigenvalue weighted by Crippen LogP contribution is -2.12. The van der Waals surface area contributed by atoms with Crippen molar-refractivity contribution in [1.82, 2.24) is 15.2 Å². The molecule has 0 amide bonds. The molecule has 5 heteroatoms. The molecular weight excluding hydrogens is 158 g/mol. The van der Waals surface area contributed by atoms with E-state index >= 15 is 0 Å². The third kappa shape index (κ3) is 0.914. The molecule has 0 saturated heterocycles. The number of aromatic amines is 2. The van der Waals surface area contributed by atoms with Crippen LogP contribution in [0.1, 0.15) is 0 Å². The van der Waals surface area contributed by atoms with Gasteiger partial charge in [-0.15, -0.1) is 0 Å². The number of nitrogens with one attached hydrogen (secondary N) is 2. The molecule has 2 N–H and O–H groups in total. The maximum absolute atomic E-state index is 11.0. The van der Waals surface area contributed by atoms with Crippen LogP contribution < -0.4 is 11.1 Å². The molecule has 0 saturated carbocycles. The number of nitrogens with zero attached hydrogens (tertiary/aromatic N) is 1. The van der Waals surface area contributed by atoms with Gasteiger partial charge in [-0.2, -0.15) is 5.10 Å². The fourth-order valence-corrected chi connectivity index (χ4v) is 1.01. The second-order valence-corrected chi connectivity index (χ2v) is 2.35. The predicted octanol–water partition coefficient (Wildman–Crippen LogP) is -0.389. The minimum Gasteiger partial charge on any atom is -0.320 e. The van der Waals surface area contributed by atoms with Crippen molar-refractivity contribution in [2.24, 2.45) is 0 Å². The van der Waals surface area contributed by atoms with Crippen LogP contribution in [-0.4, -0.2) is 15.2 Å². The number of fused-ring (bicyclic) bond motifs is 1. The van der Waals surface area contributed by atoms with Crippen LogP contribution >= 0.6 is 0 Å². The van der Waals surface area contributed by atoms with Crippen molar-refractivity contribution in [3.8, 4) is 0 Å². The quantitative estimate of drug-likeness (QED) is 0.555. The molecule has 0 radical (unpaired) electrons. The summed E-state index contributed by atoms with van der Waals surface area (Å²) in [4.78, 5) is 24.3. The zero-order valence-corrected chi connectivity index (χ0v) is 6.00. The molecule has 0 atom stereocenters. The van der Waals surface area contributed by atoms with Crippen molar-refractivity contribution < 1.29 is 0 Å². The first-order valence-corrected chi connectivity index (χ1v) is 3.34. The van der Waals surface area contributed by atoms with Crippen LogP contribution in [0.4, 0.5) is 0 Å². The van der Waals surface area contributed by atoms with Crippen LogP contribution in [0.3, 0.4) is 0 Å². The highest BCUT2D eigenvalue weighted by Gasteiger charge is 1.96. The Morgan fingerprint density at radius 2 is 2.08 bits per heavy atom. The monoisotopic (exact) mass is 163 g/mol. The topological polar surface area (TPSA) is 78.6 Å². The lowest BCUT2D eigenvalue weighted by Gasteiger charge is -1.91. The van der Waals surface area contributed by atoms with Crippen LogP contribution in [0.15, 0.2) is 27.9 Å². The van der Waals surface area contributed by atoms with Crippen LogP contribution in [0.25, 0.3) is 10.9 Å². The Morgan fingerprint density at radius 1 is 1.25 bits per heavy atom. The molecule has 0 aliphatic rings. The lowest BCUT2D eigenvalue weighted by molar-refractivity contribution is 1.00. The summed E-state index contributed by atoms with van der Waals surface area (Å²) in [7, 11) is 0. The van der Waals surface area contributed by atoms with E-state index in [1.807, 2.05) is 0 Å². The van der Waals surface area contributed by atoms with Gasteiger partial charge in [0.2, 0.25) is 5.56 Å². The van der Waals surface area contributed by atoms with Crippen LogP contribution in [-0.2, 0) is 0 Å². The van der Waals surface area contributed by atoms with Gasteiger partial charge in [-0.3, -0.25) is 9.59 Å². The smallest absolute Gasteiger partial charge is 0.273 e. The number of H-pyrrole nitrogens is 2. The van der Waals surface area contributed by atoms with Gasteiger partial charge in [-0.1, -0.05) is 0 Å². The Morgan fingerprint density at radius 3 is 2.92 bits per heavy atom. The highest BCUT2D eigenvalue weighted by molar-refractivity contribution is 5.75. The van der Waals surface area contributed by atoms with Gasteiger partial charge in [-0.25, -0.2) is 5.10 Å². The normalized spacial score (nSPS) is 10.3. The van der Waals surface area contributed by atoms with E-state index in [0.717, 1.165) is 0 Å². The summed E-state index contributed by atoms with van der Waals surface area (Å²) >= 11 is 0. The summed E-state index contributed by atoms with van der Waals surface area (Å²) in [6.07, 6.45) is 1.40. The van der Waals surface area contributed by atoms with Crippen molar-refractivity contribution >= 4 is 10.9 Å². The van der Waals surface area contributed by atoms with E-state index in [-0.39, 0.29) is 11.1 Å². The van der Waals surface area contributed by atoms with E-state index in [0.29, 0.717) is 10.9 Å². The molecule has 60 valence electrons. The van der Waals surface area contributed by atoms with Gasteiger partial charge in [0.25, 0.3) is 5.56 Å². The van der Waals surface area contributed by atoms with E-state index in [1.54, 1.807) is 0 Å². The molecule has 0 bridgehead atoms. The van der Waals surface area contributed by atoms with Gasteiger partial charge in [0, 0.05) is 6.07 Å². The standard InChI is InChI=1S/C7H5N3O2/c11-6-2-1-4-5(9-6)3-8-10-7(4)12/h1-3H,(H,9,11)(H,10,12). The van der Waals surface area contributed by atoms with Crippen LogP contribution in [0.2, 0.25) is 0 Å². The first-order chi connectivity index (χ1) is 5.77. The van der Waals surface area contributed by atoms with Crippen LogP contribution in [0.5, 0.6) is 0 Å². The molecular formula is C7H5N3O2. The number of aromatic nitrogens is 3. The minimum absolute atomic E-state index is 0.241. The third-order valence-electron chi connectivity index (χ3n) is 1.55. The highest BCUT2D eigenvalue weighted by atomic mass is 16.1. The number of rotatable bonds is 0. The summed E-state index contributed by atoms with van der Waals surface area (Å²) in [6.45, 7) is 0. The molecule has 2 heterocycles. The average molecular weight is 163 g/mol. The molecule has 12 heavy (non-hydrogen) atoms. The second-order valence-electron chi connectivity index (χ2n) is 2.35. The molecule has 0 aliphatic heterocycles. The second kappa shape index (κ2) is 2.30. The van der Waals surface area contributed by atoms with Crippen LogP contribution in [0, 0.1) is 0 Å². The van der Waals surface area contributed by atoms with E-state index < -0.39 is 0 Å². The maximum Gasteiger partial charge on any atom is 0.273 e. The maximum atomic E-state index is 11.0. The Balaban J connectivity index is 3.06. The van der Waals surface area contributed by atoms with E-state index in [9.17, 15) is 9.59 Å². The summed E-state index contributed by atoms with van der Waals surface area (Å²) < 4.78 is 0. The average Bonchev–Trinajstić information content (AvgIpc) is 2.04. The molecule has 0 aromatic carbocycles. The Hall–Kier alpha value is -1.91. The van der Waals surface area contributed by atoms with E-state index in [1.165, 1.54) is 18.3 Å². The van der Waals surface area contributed by atoms with Crippen molar-refractivity contribution in [2.45, 2.75) is 0 Å². The molecule has 2 aromatic rings. The fourth-order valence-electron chi connectivity index (χ4n) is 1.01. The van der Waals surface area contributed by atoms with Gasteiger partial charge in [0.05, 0.1) is 17.1 Å². The van der Waals surface area contributed by atoms with Gasteiger partial charge >= 0.3 is 0 Å². The molecule has 0 unspecified atom stereocenters. The zero-order valence-electron chi connectivity index (χ0n) is 6.00. The number of hydrogen-bond acceptors (Lipinski definition) is 3. The molecule has 0 fully saturated rings. The van der Waals surface area contributed by atoms with E-state index in [2.05, 4.69) is 15.2 Å². The number of pyridine rings is 1. The predicted molar refractivity (Wildman–Crippen MR) is 43.0 cm³/mol. The summed E-state index contributed by atoms with van der Waals surface area (Å²) in [5.41, 5.74) is -0.0927. The molecule has 2 aromatic heterocycles. The molecule has 5 nitrogen and oxygen atoms in total. The van der Waals surface area contributed by atoms with Gasteiger partial charge in [0.1, 0.15) is 0 Å². The van der Waals surface area contributed by atoms with Gasteiger partial charge < -0.3 is 4.98 Å². The van der Waals surface area contributed by atoms with Gasteiger partial charge in [0.15, 0.2) is 0 Å². The first-order valence-electron chi connectivity index (χ1n) is 3.34. The zero-order chi connectivity index (χ0) is 8.55.